The van der Waals surface area contributed by atoms with Crippen LogP contribution < -0.4 is 5.32 Å². The number of likely N-dealkylation sites (N-methyl/N-ethyl adjacent to an activating group) is 1. The first-order valence-electron chi connectivity index (χ1n) is 8.62. The summed E-state index contributed by atoms with van der Waals surface area (Å²) >= 11 is 0. The van der Waals surface area contributed by atoms with Gasteiger partial charge in [0.15, 0.2) is 0 Å². The Labute approximate surface area is 129 Å². The summed E-state index contributed by atoms with van der Waals surface area (Å²) in [5.41, 5.74) is 1.62. The Bertz CT molecular complexity index is 416. The molecule has 0 aromatic carbocycles. The quantitative estimate of drug-likeness (QED) is 0.799. The highest BCUT2D eigenvalue weighted by atomic mass is 15.3. The van der Waals surface area contributed by atoms with E-state index in [0.717, 1.165) is 13.0 Å². The number of nitrogens with zero attached hydrogens (tertiary/aromatic N) is 3. The number of rotatable bonds is 8. The fraction of sp³-hybridized carbons (Fsp3) is 0.824. The molecule has 1 aliphatic heterocycles. The Hall–Kier alpha value is -0.870. The van der Waals surface area contributed by atoms with Gasteiger partial charge in [-0.3, -0.25) is 9.58 Å². The molecule has 1 aromatic heterocycles. The van der Waals surface area contributed by atoms with E-state index in [1.54, 1.807) is 0 Å². The maximum absolute atomic E-state index is 4.34. The van der Waals surface area contributed by atoms with Crippen molar-refractivity contribution in [1.82, 2.24) is 20.0 Å². The van der Waals surface area contributed by atoms with Crippen LogP contribution in [0.25, 0.3) is 0 Å². The number of hydrogen-bond acceptors (Lipinski definition) is 3. The lowest BCUT2D eigenvalue weighted by molar-refractivity contribution is 0.0626. The number of nitrogens with one attached hydrogen (secondary N) is 1. The van der Waals surface area contributed by atoms with Gasteiger partial charge in [0.1, 0.15) is 0 Å². The molecule has 4 nitrogen and oxygen atoms in total. The lowest BCUT2D eigenvalue weighted by Gasteiger charge is -2.47. The molecule has 1 atom stereocenters. The summed E-state index contributed by atoms with van der Waals surface area (Å²) in [4.78, 5) is 2.75. The molecule has 1 saturated heterocycles. The van der Waals surface area contributed by atoms with Gasteiger partial charge in [0.25, 0.3) is 0 Å². The van der Waals surface area contributed by atoms with Gasteiger partial charge in [0.2, 0.25) is 0 Å². The lowest BCUT2D eigenvalue weighted by Crippen LogP contribution is -2.60. The number of likely N-dealkylation sites (tertiary alicyclic amines) is 1. The monoisotopic (exact) mass is 292 g/mol. The van der Waals surface area contributed by atoms with Crippen molar-refractivity contribution in [3.63, 3.8) is 0 Å². The Morgan fingerprint density at radius 3 is 2.38 bits per heavy atom. The van der Waals surface area contributed by atoms with E-state index in [1.807, 2.05) is 17.9 Å². The van der Waals surface area contributed by atoms with Crippen molar-refractivity contribution in [2.75, 3.05) is 19.6 Å². The van der Waals surface area contributed by atoms with Gasteiger partial charge in [0.05, 0.1) is 6.20 Å². The van der Waals surface area contributed by atoms with Crippen LogP contribution in [0.5, 0.6) is 0 Å². The van der Waals surface area contributed by atoms with E-state index in [2.05, 4.69) is 42.3 Å². The van der Waals surface area contributed by atoms with Crippen molar-refractivity contribution in [1.29, 1.82) is 0 Å². The topological polar surface area (TPSA) is 33.1 Å². The van der Waals surface area contributed by atoms with Crippen molar-refractivity contribution in [3.8, 4) is 0 Å². The normalized spacial score (nSPS) is 18.3. The van der Waals surface area contributed by atoms with Gasteiger partial charge in [-0.2, -0.15) is 5.10 Å². The number of aryl methyl sites for hydroxylation is 1. The minimum absolute atomic E-state index is 0.280. The molecule has 2 heterocycles. The van der Waals surface area contributed by atoms with Gasteiger partial charge >= 0.3 is 0 Å². The van der Waals surface area contributed by atoms with Crippen molar-refractivity contribution in [3.05, 3.63) is 18.0 Å². The zero-order valence-electron chi connectivity index (χ0n) is 14.2. The zero-order valence-corrected chi connectivity index (χ0v) is 14.2. The molecule has 0 aliphatic carbocycles. The number of hydrogen-bond donors (Lipinski definition) is 1. The van der Waals surface area contributed by atoms with E-state index < -0.39 is 0 Å². The molecule has 1 aromatic rings. The van der Waals surface area contributed by atoms with Crippen LogP contribution in [0.1, 0.15) is 52.0 Å². The van der Waals surface area contributed by atoms with Crippen LogP contribution in [0.2, 0.25) is 0 Å². The molecule has 0 saturated carbocycles. The minimum atomic E-state index is 0.280. The van der Waals surface area contributed by atoms with Gasteiger partial charge in [-0.15, -0.1) is 0 Å². The molecule has 1 aliphatic rings. The van der Waals surface area contributed by atoms with Crippen molar-refractivity contribution in [2.24, 2.45) is 7.05 Å². The summed E-state index contributed by atoms with van der Waals surface area (Å²) in [5, 5.41) is 8.12. The molecule has 2 rings (SSSR count). The Kier molecular flexibility index (Phi) is 5.82. The van der Waals surface area contributed by atoms with Gasteiger partial charge in [-0.25, -0.2) is 0 Å². The zero-order chi connectivity index (χ0) is 15.3. The largest absolute Gasteiger partial charge is 0.312 e. The molecule has 21 heavy (non-hydrogen) atoms. The summed E-state index contributed by atoms with van der Waals surface area (Å²) in [5.74, 6) is 0. The third kappa shape index (κ3) is 3.49. The van der Waals surface area contributed by atoms with Gasteiger partial charge in [-0.1, -0.05) is 20.8 Å². The molecule has 0 radical (unpaired) electrons. The van der Waals surface area contributed by atoms with Crippen LogP contribution in [0.4, 0.5) is 0 Å². The van der Waals surface area contributed by atoms with Crippen LogP contribution in [-0.4, -0.2) is 45.9 Å². The van der Waals surface area contributed by atoms with Crippen molar-refractivity contribution >= 4 is 0 Å². The van der Waals surface area contributed by atoms with E-state index in [4.69, 9.17) is 0 Å². The summed E-state index contributed by atoms with van der Waals surface area (Å²) in [7, 11) is 2.00. The second-order valence-corrected chi connectivity index (χ2v) is 6.34. The van der Waals surface area contributed by atoms with Crippen LogP contribution in [-0.2, 0) is 13.5 Å². The van der Waals surface area contributed by atoms with Gasteiger partial charge < -0.3 is 5.32 Å². The highest BCUT2D eigenvalue weighted by molar-refractivity contribution is 5.11. The van der Waals surface area contributed by atoms with E-state index in [0.29, 0.717) is 6.04 Å². The fourth-order valence-electron chi connectivity index (χ4n) is 4.08. The van der Waals surface area contributed by atoms with E-state index in [9.17, 15) is 0 Å². The Morgan fingerprint density at radius 2 is 1.90 bits per heavy atom. The summed E-state index contributed by atoms with van der Waals surface area (Å²) < 4.78 is 1.91. The third-order valence-electron chi connectivity index (χ3n) is 5.26. The summed E-state index contributed by atoms with van der Waals surface area (Å²) in [6.07, 6.45) is 10.4. The first-order valence-corrected chi connectivity index (χ1v) is 8.62. The van der Waals surface area contributed by atoms with Gasteiger partial charge in [0, 0.05) is 24.8 Å². The maximum atomic E-state index is 4.34. The molecule has 0 amide bonds. The second-order valence-electron chi connectivity index (χ2n) is 6.34. The molecule has 1 N–H and O–H groups in total. The van der Waals surface area contributed by atoms with Crippen molar-refractivity contribution < 1.29 is 0 Å². The van der Waals surface area contributed by atoms with Gasteiger partial charge in [-0.05, 0) is 57.3 Å². The van der Waals surface area contributed by atoms with E-state index >= 15 is 0 Å². The molecule has 1 unspecified atom stereocenters. The average molecular weight is 292 g/mol. The summed E-state index contributed by atoms with van der Waals surface area (Å²) in [6, 6.07) is 0.500. The highest BCUT2D eigenvalue weighted by Gasteiger charge is 2.41. The standard InChI is InChI=1S/C17H32N4/c1-5-17(6-2,21-10-8-9-11-21)16(18-7-3)12-15-13-19-20(4)14-15/h13-14,16,18H,5-12H2,1-4H3. The SMILES string of the molecule is CCNC(Cc1cnn(C)c1)C(CC)(CC)N1CCCC1. The maximum Gasteiger partial charge on any atom is 0.0522 e. The Balaban J connectivity index is 2.22. The first kappa shape index (κ1) is 16.5. The highest BCUT2D eigenvalue weighted by Crippen LogP contribution is 2.33. The van der Waals surface area contributed by atoms with E-state index in [1.165, 1.54) is 44.3 Å². The Morgan fingerprint density at radius 1 is 1.24 bits per heavy atom. The molecule has 0 bridgehead atoms. The predicted octanol–water partition coefficient (Wildman–Crippen LogP) is 2.60. The predicted molar refractivity (Wildman–Crippen MR) is 88.5 cm³/mol. The molecular weight excluding hydrogens is 260 g/mol. The smallest absolute Gasteiger partial charge is 0.0522 e. The van der Waals surface area contributed by atoms with E-state index in [-0.39, 0.29) is 5.54 Å². The van der Waals surface area contributed by atoms with Crippen LogP contribution >= 0.6 is 0 Å². The summed E-state index contributed by atoms with van der Waals surface area (Å²) in [6.45, 7) is 10.5. The molecule has 0 spiro atoms. The fourth-order valence-corrected chi connectivity index (χ4v) is 4.08. The van der Waals surface area contributed by atoms with Crippen LogP contribution in [0, 0.1) is 0 Å². The minimum Gasteiger partial charge on any atom is -0.312 e. The molecule has 4 heteroatoms. The molecule has 1 fully saturated rings. The van der Waals surface area contributed by atoms with Crippen LogP contribution in [0.3, 0.4) is 0 Å². The molecule has 120 valence electrons. The third-order valence-corrected chi connectivity index (χ3v) is 5.26. The average Bonchev–Trinajstić information content (AvgIpc) is 3.13. The number of aromatic nitrogens is 2. The second kappa shape index (κ2) is 7.41. The molecular formula is C17H32N4. The first-order chi connectivity index (χ1) is 10.2. The lowest BCUT2D eigenvalue weighted by atomic mass is 9.80. The van der Waals surface area contributed by atoms with Crippen LogP contribution in [0.15, 0.2) is 12.4 Å². The van der Waals surface area contributed by atoms with Crippen molar-refractivity contribution in [2.45, 2.75) is 64.5 Å².